The fourth-order valence-corrected chi connectivity index (χ4v) is 2.21. The van der Waals surface area contributed by atoms with E-state index in [-0.39, 0.29) is 11.9 Å². The van der Waals surface area contributed by atoms with E-state index in [0.717, 1.165) is 6.42 Å². The first kappa shape index (κ1) is 14.8. The van der Waals surface area contributed by atoms with Gasteiger partial charge in [-0.3, -0.25) is 0 Å². The van der Waals surface area contributed by atoms with E-state index in [1.165, 1.54) is 4.90 Å². The number of nitrogens with zero attached hydrogens (tertiary/aromatic N) is 1. The number of carbonyl (C=O) groups is 2. The van der Waals surface area contributed by atoms with Crippen molar-refractivity contribution in [2.75, 3.05) is 26.8 Å². The molecule has 1 aliphatic rings. The average molecular weight is 258 g/mol. The van der Waals surface area contributed by atoms with Gasteiger partial charge < -0.3 is 20.1 Å². The average Bonchev–Trinajstić information content (AvgIpc) is 2.70. The zero-order valence-corrected chi connectivity index (χ0v) is 11.2. The number of hydrogen-bond donors (Lipinski definition) is 2. The molecular formula is C12H22N2O4. The first-order valence-electron chi connectivity index (χ1n) is 6.19. The van der Waals surface area contributed by atoms with Gasteiger partial charge in [0.1, 0.15) is 5.54 Å². The van der Waals surface area contributed by atoms with E-state index in [1.54, 1.807) is 14.0 Å². The van der Waals surface area contributed by atoms with Gasteiger partial charge in [-0.05, 0) is 25.7 Å². The van der Waals surface area contributed by atoms with Crippen LogP contribution in [0, 0.1) is 5.92 Å². The highest BCUT2D eigenvalue weighted by Crippen LogP contribution is 2.29. The molecule has 6 nitrogen and oxygen atoms in total. The molecule has 2 N–H and O–H groups in total. The Morgan fingerprint density at radius 1 is 1.56 bits per heavy atom. The number of hydrogen-bond acceptors (Lipinski definition) is 3. The minimum Gasteiger partial charge on any atom is -0.480 e. The highest BCUT2D eigenvalue weighted by atomic mass is 16.5. The quantitative estimate of drug-likeness (QED) is 0.768. The van der Waals surface area contributed by atoms with E-state index in [0.29, 0.717) is 26.1 Å². The number of carboxylic acids is 1. The van der Waals surface area contributed by atoms with Crippen molar-refractivity contribution in [2.24, 2.45) is 5.92 Å². The van der Waals surface area contributed by atoms with Crippen molar-refractivity contribution in [1.29, 1.82) is 0 Å². The third-order valence-corrected chi connectivity index (χ3v) is 3.40. The van der Waals surface area contributed by atoms with Crippen LogP contribution < -0.4 is 5.32 Å². The van der Waals surface area contributed by atoms with Crippen LogP contribution in [0.4, 0.5) is 4.79 Å². The predicted octanol–water partition coefficient (Wildman–Crippen LogP) is 0.918. The van der Waals surface area contributed by atoms with Crippen LogP contribution in [0.3, 0.4) is 0 Å². The monoisotopic (exact) mass is 258 g/mol. The summed E-state index contributed by atoms with van der Waals surface area (Å²) in [4.78, 5) is 24.6. The van der Waals surface area contributed by atoms with Crippen LogP contribution in [-0.2, 0) is 9.53 Å². The molecule has 1 fully saturated rings. The number of carboxylic acid groups (broad SMARTS) is 1. The van der Waals surface area contributed by atoms with Gasteiger partial charge in [0.2, 0.25) is 0 Å². The Bertz CT molecular complexity index is 321. The summed E-state index contributed by atoms with van der Waals surface area (Å²) in [5.74, 6) is -0.738. The lowest BCUT2D eigenvalue weighted by molar-refractivity contribution is -0.147. The van der Waals surface area contributed by atoms with Crippen LogP contribution >= 0.6 is 0 Å². The Morgan fingerprint density at radius 3 is 2.78 bits per heavy atom. The second-order valence-corrected chi connectivity index (χ2v) is 5.08. The molecule has 0 aromatic rings. The first-order chi connectivity index (χ1) is 8.41. The molecular weight excluding hydrogens is 236 g/mol. The van der Waals surface area contributed by atoms with Gasteiger partial charge in [-0.25, -0.2) is 9.59 Å². The van der Waals surface area contributed by atoms with Crippen LogP contribution in [0.2, 0.25) is 0 Å². The Morgan fingerprint density at radius 2 is 2.22 bits per heavy atom. The Labute approximate surface area is 107 Å². The van der Waals surface area contributed by atoms with E-state index in [4.69, 9.17) is 4.74 Å². The van der Waals surface area contributed by atoms with E-state index in [2.05, 4.69) is 5.32 Å². The lowest BCUT2D eigenvalue weighted by atomic mass is 10.00. The Kier molecular flexibility index (Phi) is 4.95. The van der Waals surface area contributed by atoms with E-state index >= 15 is 0 Å². The SMILES string of the molecule is COCC(C)CNC(=O)N1CCCC1(C)C(=O)O. The summed E-state index contributed by atoms with van der Waals surface area (Å²) < 4.78 is 4.98. The fraction of sp³-hybridized carbons (Fsp3) is 0.833. The summed E-state index contributed by atoms with van der Waals surface area (Å²) in [6, 6.07) is -0.305. The van der Waals surface area contributed by atoms with Crippen molar-refractivity contribution in [3.05, 3.63) is 0 Å². The molecule has 2 amide bonds. The number of carbonyl (C=O) groups excluding carboxylic acids is 1. The molecule has 0 bridgehead atoms. The maximum atomic E-state index is 12.0. The molecule has 0 saturated carbocycles. The molecule has 1 rings (SSSR count). The lowest BCUT2D eigenvalue weighted by Crippen LogP contribution is -2.54. The largest absolute Gasteiger partial charge is 0.480 e. The molecule has 0 aliphatic carbocycles. The number of nitrogens with one attached hydrogen (secondary N) is 1. The van der Waals surface area contributed by atoms with Gasteiger partial charge in [0.05, 0.1) is 6.61 Å². The minimum absolute atomic E-state index is 0.206. The minimum atomic E-state index is -1.07. The third-order valence-electron chi connectivity index (χ3n) is 3.40. The summed E-state index contributed by atoms with van der Waals surface area (Å²) >= 11 is 0. The highest BCUT2D eigenvalue weighted by molar-refractivity contribution is 5.86. The van der Waals surface area contributed by atoms with Gasteiger partial charge in [-0.1, -0.05) is 6.92 Å². The van der Waals surface area contributed by atoms with Crippen LogP contribution in [0.25, 0.3) is 0 Å². The van der Waals surface area contributed by atoms with Gasteiger partial charge >= 0.3 is 12.0 Å². The van der Waals surface area contributed by atoms with Crippen molar-refractivity contribution in [1.82, 2.24) is 10.2 Å². The van der Waals surface area contributed by atoms with Gasteiger partial charge in [0, 0.05) is 20.2 Å². The van der Waals surface area contributed by atoms with Crippen LogP contribution in [0.5, 0.6) is 0 Å². The summed E-state index contributed by atoms with van der Waals surface area (Å²) in [7, 11) is 1.61. The molecule has 0 aromatic carbocycles. The smallest absolute Gasteiger partial charge is 0.329 e. The van der Waals surface area contributed by atoms with E-state index < -0.39 is 11.5 Å². The Balaban J connectivity index is 2.53. The van der Waals surface area contributed by atoms with E-state index in [1.807, 2.05) is 6.92 Å². The van der Waals surface area contributed by atoms with Crippen LogP contribution in [0.15, 0.2) is 0 Å². The molecule has 104 valence electrons. The topological polar surface area (TPSA) is 78.9 Å². The van der Waals surface area contributed by atoms with Gasteiger partial charge in [0.25, 0.3) is 0 Å². The highest BCUT2D eigenvalue weighted by Gasteiger charge is 2.45. The number of urea groups is 1. The maximum absolute atomic E-state index is 12.0. The fourth-order valence-electron chi connectivity index (χ4n) is 2.21. The number of methoxy groups -OCH3 is 1. The molecule has 0 aromatic heterocycles. The van der Waals surface area contributed by atoms with Crippen molar-refractivity contribution in [3.8, 4) is 0 Å². The zero-order valence-electron chi connectivity index (χ0n) is 11.2. The normalized spacial score (nSPS) is 24.9. The molecule has 1 heterocycles. The van der Waals surface area contributed by atoms with Crippen molar-refractivity contribution >= 4 is 12.0 Å². The Hall–Kier alpha value is -1.30. The second kappa shape index (κ2) is 6.04. The number of aliphatic carboxylic acids is 1. The standard InChI is InChI=1S/C12H22N2O4/c1-9(8-18-3)7-13-11(17)14-6-4-5-12(14,2)10(15)16/h9H,4-8H2,1-3H3,(H,13,17)(H,15,16). The molecule has 0 spiro atoms. The summed E-state index contributed by atoms with van der Waals surface area (Å²) in [5, 5.41) is 12.0. The third kappa shape index (κ3) is 3.13. The van der Waals surface area contributed by atoms with Gasteiger partial charge in [-0.15, -0.1) is 0 Å². The van der Waals surface area contributed by atoms with Crippen LogP contribution in [0.1, 0.15) is 26.7 Å². The van der Waals surface area contributed by atoms with Gasteiger partial charge in [-0.2, -0.15) is 0 Å². The van der Waals surface area contributed by atoms with Crippen LogP contribution in [-0.4, -0.2) is 54.4 Å². The molecule has 0 radical (unpaired) electrons. The van der Waals surface area contributed by atoms with Crippen molar-refractivity contribution in [3.63, 3.8) is 0 Å². The molecule has 1 aliphatic heterocycles. The summed E-state index contributed by atoms with van der Waals surface area (Å²) in [5.41, 5.74) is -1.07. The summed E-state index contributed by atoms with van der Waals surface area (Å²) in [6.07, 6.45) is 1.23. The second-order valence-electron chi connectivity index (χ2n) is 5.08. The van der Waals surface area contributed by atoms with Crippen molar-refractivity contribution < 1.29 is 19.4 Å². The maximum Gasteiger partial charge on any atom is 0.329 e. The number of ether oxygens (including phenoxy) is 1. The summed E-state index contributed by atoms with van der Waals surface area (Å²) in [6.45, 7) is 5.10. The number of rotatable bonds is 5. The van der Waals surface area contributed by atoms with Crippen molar-refractivity contribution in [2.45, 2.75) is 32.2 Å². The number of amides is 2. The lowest BCUT2D eigenvalue weighted by Gasteiger charge is -2.31. The molecule has 2 atom stereocenters. The van der Waals surface area contributed by atoms with Gasteiger partial charge in [0.15, 0.2) is 0 Å². The molecule has 1 saturated heterocycles. The molecule has 6 heteroatoms. The molecule has 18 heavy (non-hydrogen) atoms. The molecule has 2 unspecified atom stereocenters. The number of likely N-dealkylation sites (tertiary alicyclic amines) is 1. The predicted molar refractivity (Wildman–Crippen MR) is 66.4 cm³/mol. The first-order valence-corrected chi connectivity index (χ1v) is 6.19. The van der Waals surface area contributed by atoms with E-state index in [9.17, 15) is 14.7 Å². The zero-order chi connectivity index (χ0) is 13.8.